The van der Waals surface area contributed by atoms with E-state index in [1.807, 2.05) is 6.92 Å². The predicted octanol–water partition coefficient (Wildman–Crippen LogP) is 1.67. The Labute approximate surface area is 95.8 Å². The van der Waals surface area contributed by atoms with Crippen molar-refractivity contribution in [2.75, 3.05) is 10.7 Å². The van der Waals surface area contributed by atoms with Crippen LogP contribution < -0.4 is 16.6 Å². The van der Waals surface area contributed by atoms with Gasteiger partial charge in [0, 0.05) is 11.6 Å². The van der Waals surface area contributed by atoms with Crippen molar-refractivity contribution in [3.63, 3.8) is 0 Å². The molecule has 2 unspecified atom stereocenters. The molecule has 1 heterocycles. The third-order valence-corrected chi connectivity index (χ3v) is 3.40. The normalized spacial score (nSPS) is 24.4. The molecule has 0 aliphatic heterocycles. The quantitative estimate of drug-likeness (QED) is 0.534. The number of rotatable bonds is 3. The lowest BCUT2D eigenvalue weighted by molar-refractivity contribution is 0.554. The number of hydrogen-bond donors (Lipinski definition) is 3. The van der Waals surface area contributed by atoms with E-state index in [2.05, 4.69) is 27.6 Å². The molecule has 0 bridgehead atoms. The van der Waals surface area contributed by atoms with Crippen LogP contribution in [-0.2, 0) is 0 Å². The van der Waals surface area contributed by atoms with Gasteiger partial charge >= 0.3 is 0 Å². The molecule has 2 rings (SSSR count). The van der Waals surface area contributed by atoms with Gasteiger partial charge in [0.2, 0.25) is 0 Å². The van der Waals surface area contributed by atoms with Crippen molar-refractivity contribution in [2.45, 2.75) is 39.2 Å². The molecule has 0 aromatic carbocycles. The number of aromatic nitrogens is 2. The van der Waals surface area contributed by atoms with Crippen molar-refractivity contribution in [1.82, 2.24) is 9.97 Å². The predicted molar refractivity (Wildman–Crippen MR) is 65.0 cm³/mol. The van der Waals surface area contributed by atoms with Crippen molar-refractivity contribution in [3.05, 3.63) is 11.9 Å². The monoisotopic (exact) mass is 221 g/mol. The van der Waals surface area contributed by atoms with Crippen molar-refractivity contribution >= 4 is 11.6 Å². The van der Waals surface area contributed by atoms with Gasteiger partial charge in [-0.3, -0.25) is 0 Å². The minimum atomic E-state index is 0.527. The Hall–Kier alpha value is -1.36. The second-order valence-corrected chi connectivity index (χ2v) is 4.50. The van der Waals surface area contributed by atoms with Gasteiger partial charge < -0.3 is 10.7 Å². The van der Waals surface area contributed by atoms with Crippen molar-refractivity contribution in [2.24, 2.45) is 11.8 Å². The molecule has 0 saturated heterocycles. The smallest absolute Gasteiger partial charge is 0.148 e. The fourth-order valence-corrected chi connectivity index (χ4v) is 2.28. The SMILES string of the molecule is Cc1c(NN)ncnc1NC1CCCC1C. The van der Waals surface area contributed by atoms with Crippen LogP contribution >= 0.6 is 0 Å². The van der Waals surface area contributed by atoms with E-state index in [9.17, 15) is 0 Å². The maximum Gasteiger partial charge on any atom is 0.148 e. The molecule has 88 valence electrons. The summed E-state index contributed by atoms with van der Waals surface area (Å²) in [7, 11) is 0. The Morgan fingerprint density at radius 2 is 2.06 bits per heavy atom. The number of nitrogens with one attached hydrogen (secondary N) is 2. The second-order valence-electron chi connectivity index (χ2n) is 4.50. The Bertz CT molecular complexity index is 365. The molecule has 0 radical (unpaired) electrons. The van der Waals surface area contributed by atoms with Crippen molar-refractivity contribution in [3.8, 4) is 0 Å². The van der Waals surface area contributed by atoms with Crippen LogP contribution in [0, 0.1) is 12.8 Å². The maximum absolute atomic E-state index is 5.39. The molecule has 1 saturated carbocycles. The van der Waals surface area contributed by atoms with Gasteiger partial charge in [0.25, 0.3) is 0 Å². The van der Waals surface area contributed by atoms with E-state index in [-0.39, 0.29) is 0 Å². The first-order valence-electron chi connectivity index (χ1n) is 5.77. The molecule has 2 atom stereocenters. The average molecular weight is 221 g/mol. The number of hydrazine groups is 1. The van der Waals surface area contributed by atoms with Crippen LogP contribution in [0.4, 0.5) is 11.6 Å². The first kappa shape index (κ1) is 11.1. The summed E-state index contributed by atoms with van der Waals surface area (Å²) in [6, 6.07) is 0.527. The molecule has 1 aromatic rings. The van der Waals surface area contributed by atoms with E-state index in [1.54, 1.807) is 0 Å². The van der Waals surface area contributed by atoms with Gasteiger partial charge in [-0.15, -0.1) is 0 Å². The first-order chi connectivity index (χ1) is 7.72. The summed E-state index contributed by atoms with van der Waals surface area (Å²) in [5, 5.41) is 3.49. The van der Waals surface area contributed by atoms with E-state index in [1.165, 1.54) is 25.6 Å². The van der Waals surface area contributed by atoms with Gasteiger partial charge in [0.15, 0.2) is 0 Å². The molecule has 1 aliphatic carbocycles. The zero-order chi connectivity index (χ0) is 11.5. The van der Waals surface area contributed by atoms with Gasteiger partial charge in [0.1, 0.15) is 18.0 Å². The van der Waals surface area contributed by atoms with Gasteiger partial charge in [-0.1, -0.05) is 13.3 Å². The summed E-state index contributed by atoms with van der Waals surface area (Å²) in [4.78, 5) is 8.33. The average Bonchev–Trinajstić information content (AvgIpc) is 2.68. The number of anilines is 2. The summed E-state index contributed by atoms with van der Waals surface area (Å²) in [6.45, 7) is 4.25. The number of nitrogens with two attached hydrogens (primary N) is 1. The van der Waals surface area contributed by atoms with Crippen LogP contribution in [0.25, 0.3) is 0 Å². The molecule has 1 fully saturated rings. The molecular weight excluding hydrogens is 202 g/mol. The van der Waals surface area contributed by atoms with Crippen LogP contribution in [0.2, 0.25) is 0 Å². The largest absolute Gasteiger partial charge is 0.367 e. The maximum atomic E-state index is 5.39. The number of hydrogen-bond acceptors (Lipinski definition) is 5. The Morgan fingerprint density at radius 1 is 1.31 bits per heavy atom. The van der Waals surface area contributed by atoms with E-state index >= 15 is 0 Å². The van der Waals surface area contributed by atoms with E-state index < -0.39 is 0 Å². The van der Waals surface area contributed by atoms with Crippen LogP contribution in [0.3, 0.4) is 0 Å². The van der Waals surface area contributed by atoms with E-state index in [0.717, 1.165) is 11.4 Å². The lowest BCUT2D eigenvalue weighted by Crippen LogP contribution is -2.23. The van der Waals surface area contributed by atoms with Gasteiger partial charge in [-0.2, -0.15) is 0 Å². The molecule has 1 aliphatic rings. The molecule has 5 nitrogen and oxygen atoms in total. The fourth-order valence-electron chi connectivity index (χ4n) is 2.28. The van der Waals surface area contributed by atoms with Crippen LogP contribution in [0.1, 0.15) is 31.7 Å². The molecule has 16 heavy (non-hydrogen) atoms. The van der Waals surface area contributed by atoms with Crippen molar-refractivity contribution in [1.29, 1.82) is 0 Å². The van der Waals surface area contributed by atoms with Crippen LogP contribution in [0.5, 0.6) is 0 Å². The molecular formula is C11H19N5. The number of nitrogen functional groups attached to an aromatic ring is 1. The first-order valence-corrected chi connectivity index (χ1v) is 5.77. The lowest BCUT2D eigenvalue weighted by atomic mass is 10.1. The Kier molecular flexibility index (Phi) is 3.24. The topological polar surface area (TPSA) is 75.9 Å². The molecule has 4 N–H and O–H groups in total. The highest BCUT2D eigenvalue weighted by Crippen LogP contribution is 2.29. The fraction of sp³-hybridized carbons (Fsp3) is 0.636. The molecule has 0 spiro atoms. The summed E-state index contributed by atoms with van der Waals surface area (Å²) >= 11 is 0. The van der Waals surface area contributed by atoms with E-state index in [4.69, 9.17) is 5.84 Å². The Morgan fingerprint density at radius 3 is 2.69 bits per heavy atom. The highest BCUT2D eigenvalue weighted by atomic mass is 15.3. The highest BCUT2D eigenvalue weighted by molar-refractivity contribution is 5.56. The summed E-state index contributed by atoms with van der Waals surface area (Å²) in [5.41, 5.74) is 3.56. The zero-order valence-electron chi connectivity index (χ0n) is 9.83. The third kappa shape index (κ3) is 2.09. The van der Waals surface area contributed by atoms with E-state index in [0.29, 0.717) is 17.8 Å². The van der Waals surface area contributed by atoms with Gasteiger partial charge in [-0.05, 0) is 25.7 Å². The van der Waals surface area contributed by atoms with Gasteiger partial charge in [0.05, 0.1) is 0 Å². The molecule has 0 amide bonds. The standard InChI is InChI=1S/C11H19N5/c1-7-4-3-5-9(7)15-10-8(2)11(16-12)14-6-13-10/h6-7,9H,3-5,12H2,1-2H3,(H2,13,14,15,16). The molecule has 1 aromatic heterocycles. The number of nitrogens with zero attached hydrogens (tertiary/aromatic N) is 2. The lowest BCUT2D eigenvalue weighted by Gasteiger charge is -2.19. The van der Waals surface area contributed by atoms with Crippen LogP contribution in [-0.4, -0.2) is 16.0 Å². The van der Waals surface area contributed by atoms with Crippen molar-refractivity contribution < 1.29 is 0 Å². The second kappa shape index (κ2) is 4.65. The third-order valence-electron chi connectivity index (χ3n) is 3.40. The highest BCUT2D eigenvalue weighted by Gasteiger charge is 2.24. The zero-order valence-corrected chi connectivity index (χ0v) is 9.83. The van der Waals surface area contributed by atoms with Crippen LogP contribution in [0.15, 0.2) is 6.33 Å². The Balaban J connectivity index is 2.14. The molecule has 5 heteroatoms. The summed E-state index contributed by atoms with van der Waals surface area (Å²) < 4.78 is 0. The minimum absolute atomic E-state index is 0.527. The minimum Gasteiger partial charge on any atom is -0.367 e. The summed E-state index contributed by atoms with van der Waals surface area (Å²) in [6.07, 6.45) is 5.34. The summed E-state index contributed by atoms with van der Waals surface area (Å²) in [5.74, 6) is 7.67. The van der Waals surface area contributed by atoms with Gasteiger partial charge in [-0.25, -0.2) is 15.8 Å².